The summed E-state index contributed by atoms with van der Waals surface area (Å²) in [6, 6.07) is 1.55. The monoisotopic (exact) mass is 395 g/mol. The number of pyridine rings is 1. The molecule has 3 heterocycles. The van der Waals surface area contributed by atoms with Crippen LogP contribution < -0.4 is 0 Å². The van der Waals surface area contributed by atoms with Gasteiger partial charge in [0, 0.05) is 6.20 Å². The second-order valence-electron chi connectivity index (χ2n) is 4.99. The molecule has 124 valence electrons. The lowest BCUT2D eigenvalue weighted by atomic mass is 10.3. The molecule has 0 aromatic carbocycles. The van der Waals surface area contributed by atoms with Gasteiger partial charge in [-0.1, -0.05) is 35.0 Å². The Morgan fingerprint density at radius 1 is 1.43 bits per heavy atom. The van der Waals surface area contributed by atoms with Gasteiger partial charge in [-0.3, -0.25) is 9.20 Å². The average molecular weight is 396 g/mol. The minimum Gasteiger partial charge on any atom is -0.461 e. The Balaban J connectivity index is 1.63. The van der Waals surface area contributed by atoms with Crippen LogP contribution >= 0.6 is 35.0 Å². The third kappa shape index (κ3) is 3.90. The molecule has 0 amide bonds. The number of carbonyl (C=O) groups excluding carboxylic acids is 1. The van der Waals surface area contributed by atoms with E-state index >= 15 is 0 Å². The van der Waals surface area contributed by atoms with Gasteiger partial charge < -0.3 is 4.74 Å². The molecule has 11 heteroatoms. The minimum absolute atomic E-state index is 0.0124. The van der Waals surface area contributed by atoms with Crippen molar-refractivity contribution in [3.8, 4) is 0 Å². The smallest absolute Gasteiger partial charge is 0.316 e. The van der Waals surface area contributed by atoms with Crippen molar-refractivity contribution in [3.63, 3.8) is 0 Å². The van der Waals surface area contributed by atoms with Gasteiger partial charge in [-0.25, -0.2) is 8.42 Å². The number of nitrogens with zero attached hydrogens (tertiary/aromatic N) is 3. The van der Waals surface area contributed by atoms with Gasteiger partial charge in [0.15, 0.2) is 20.6 Å². The molecule has 0 radical (unpaired) electrons. The third-order valence-corrected chi connectivity index (χ3v) is 6.34. The molecule has 23 heavy (non-hydrogen) atoms. The maximum atomic E-state index is 11.8. The highest BCUT2D eigenvalue weighted by atomic mass is 35.5. The van der Waals surface area contributed by atoms with Crippen LogP contribution in [0.3, 0.4) is 0 Å². The highest BCUT2D eigenvalue weighted by molar-refractivity contribution is 7.99. The Morgan fingerprint density at radius 2 is 2.22 bits per heavy atom. The zero-order valence-electron chi connectivity index (χ0n) is 11.6. The number of esters is 1. The van der Waals surface area contributed by atoms with Gasteiger partial charge in [0.05, 0.1) is 27.3 Å². The van der Waals surface area contributed by atoms with Crippen LogP contribution in [-0.2, 0) is 19.4 Å². The van der Waals surface area contributed by atoms with E-state index in [0.29, 0.717) is 27.3 Å². The minimum atomic E-state index is -3.08. The SMILES string of the molecule is O=C(CSc1nnc2c(Cl)cc(Cl)cn12)O[C@@H]1CCS(=O)(=O)C1. The number of sulfone groups is 1. The van der Waals surface area contributed by atoms with Gasteiger partial charge in [0.1, 0.15) is 6.10 Å². The number of carbonyl (C=O) groups is 1. The standard InChI is InChI=1S/C12H11Cl2N3O4S2/c13-7-3-9(14)11-15-16-12(17(11)4-7)22-5-10(18)21-8-1-2-23(19,20)6-8/h3-4,8H,1-2,5-6H2/t8-/m1/s1. The summed E-state index contributed by atoms with van der Waals surface area (Å²) in [4.78, 5) is 11.8. The maximum absolute atomic E-state index is 11.8. The molecule has 2 aromatic rings. The van der Waals surface area contributed by atoms with E-state index in [2.05, 4.69) is 10.2 Å². The molecular formula is C12H11Cl2N3O4S2. The Bertz CT molecular complexity index is 869. The van der Waals surface area contributed by atoms with E-state index in [9.17, 15) is 13.2 Å². The van der Waals surface area contributed by atoms with E-state index in [4.69, 9.17) is 27.9 Å². The van der Waals surface area contributed by atoms with E-state index in [1.807, 2.05) is 0 Å². The zero-order chi connectivity index (χ0) is 16.6. The zero-order valence-corrected chi connectivity index (χ0v) is 14.8. The molecule has 0 aliphatic carbocycles. The van der Waals surface area contributed by atoms with Crippen LogP contribution in [0.5, 0.6) is 0 Å². The first-order chi connectivity index (χ1) is 10.8. The first kappa shape index (κ1) is 16.8. The van der Waals surface area contributed by atoms with Crippen molar-refractivity contribution >= 4 is 56.4 Å². The molecule has 0 bridgehead atoms. The third-order valence-electron chi connectivity index (χ3n) is 3.20. The molecule has 0 unspecified atom stereocenters. The van der Waals surface area contributed by atoms with Crippen molar-refractivity contribution in [2.45, 2.75) is 17.7 Å². The Labute approximate surface area is 146 Å². The molecule has 1 aliphatic rings. The number of ether oxygens (including phenoxy) is 1. The topological polar surface area (TPSA) is 90.6 Å². The molecule has 2 aromatic heterocycles. The number of fused-ring (bicyclic) bond motifs is 1. The van der Waals surface area contributed by atoms with Crippen LogP contribution in [0.15, 0.2) is 17.4 Å². The lowest BCUT2D eigenvalue weighted by Gasteiger charge is -2.09. The van der Waals surface area contributed by atoms with Crippen LogP contribution in [0.1, 0.15) is 6.42 Å². The fraction of sp³-hybridized carbons (Fsp3) is 0.417. The van der Waals surface area contributed by atoms with Crippen molar-refractivity contribution in [1.29, 1.82) is 0 Å². The maximum Gasteiger partial charge on any atom is 0.316 e. The highest BCUT2D eigenvalue weighted by Crippen LogP contribution is 2.25. The van der Waals surface area contributed by atoms with Gasteiger partial charge >= 0.3 is 5.97 Å². The van der Waals surface area contributed by atoms with Crippen LogP contribution in [0.4, 0.5) is 0 Å². The van der Waals surface area contributed by atoms with E-state index in [-0.39, 0.29) is 17.3 Å². The number of thioether (sulfide) groups is 1. The Hall–Kier alpha value is -1.03. The molecular weight excluding hydrogens is 385 g/mol. The van der Waals surface area contributed by atoms with Crippen LogP contribution in [0, 0.1) is 0 Å². The lowest BCUT2D eigenvalue weighted by molar-refractivity contribution is -0.144. The first-order valence-corrected chi connectivity index (χ1v) is 10.1. The second kappa shape index (κ2) is 6.46. The molecule has 0 saturated carbocycles. The summed E-state index contributed by atoms with van der Waals surface area (Å²) < 4.78 is 29.4. The molecule has 1 atom stereocenters. The van der Waals surface area contributed by atoms with Crippen molar-refractivity contribution in [2.75, 3.05) is 17.3 Å². The first-order valence-electron chi connectivity index (χ1n) is 6.56. The predicted octanol–water partition coefficient (Wildman–Crippen LogP) is 1.86. The Kier molecular flexibility index (Phi) is 4.73. The van der Waals surface area contributed by atoms with Gasteiger partial charge in [-0.15, -0.1) is 10.2 Å². The van der Waals surface area contributed by atoms with E-state index in [0.717, 1.165) is 11.8 Å². The van der Waals surface area contributed by atoms with Crippen LogP contribution in [0.25, 0.3) is 5.65 Å². The summed E-state index contributed by atoms with van der Waals surface area (Å²) in [5.74, 6) is -0.560. The number of rotatable bonds is 4. The van der Waals surface area contributed by atoms with Crippen molar-refractivity contribution in [2.24, 2.45) is 0 Å². The number of hydrogen-bond donors (Lipinski definition) is 0. The van der Waals surface area contributed by atoms with Crippen molar-refractivity contribution in [1.82, 2.24) is 14.6 Å². The van der Waals surface area contributed by atoms with Crippen LogP contribution in [0.2, 0.25) is 10.0 Å². The number of hydrogen-bond acceptors (Lipinski definition) is 7. The quantitative estimate of drug-likeness (QED) is 0.576. The molecule has 3 rings (SSSR count). The van der Waals surface area contributed by atoms with Crippen molar-refractivity contribution in [3.05, 3.63) is 22.3 Å². The fourth-order valence-corrected chi connectivity index (χ4v) is 4.99. The highest BCUT2D eigenvalue weighted by Gasteiger charge is 2.30. The van der Waals surface area contributed by atoms with Gasteiger partial charge in [-0.2, -0.15) is 0 Å². The normalized spacial score (nSPS) is 20.0. The molecule has 0 N–H and O–H groups in total. The molecule has 0 spiro atoms. The lowest BCUT2D eigenvalue weighted by Crippen LogP contribution is -2.20. The van der Waals surface area contributed by atoms with Gasteiger partial charge in [0.25, 0.3) is 0 Å². The predicted molar refractivity (Wildman–Crippen MR) is 86.9 cm³/mol. The average Bonchev–Trinajstić information content (AvgIpc) is 3.00. The van der Waals surface area contributed by atoms with E-state index in [1.54, 1.807) is 16.7 Å². The fourth-order valence-electron chi connectivity index (χ4n) is 2.20. The van der Waals surface area contributed by atoms with Crippen LogP contribution in [-0.4, -0.2) is 52.3 Å². The molecule has 7 nitrogen and oxygen atoms in total. The van der Waals surface area contributed by atoms with Gasteiger partial charge in [-0.05, 0) is 12.5 Å². The Morgan fingerprint density at radius 3 is 2.91 bits per heavy atom. The summed E-state index contributed by atoms with van der Waals surface area (Å²) >= 11 is 13.1. The van der Waals surface area contributed by atoms with E-state index < -0.39 is 21.9 Å². The number of aromatic nitrogens is 3. The summed E-state index contributed by atoms with van der Waals surface area (Å²) in [6.07, 6.45) is 1.38. The summed E-state index contributed by atoms with van der Waals surface area (Å²) in [5.41, 5.74) is 0.439. The summed E-state index contributed by atoms with van der Waals surface area (Å²) in [5, 5.41) is 9.10. The number of halogens is 2. The second-order valence-corrected chi connectivity index (χ2v) is 9.00. The summed E-state index contributed by atoms with van der Waals surface area (Å²) in [6.45, 7) is 0. The van der Waals surface area contributed by atoms with Gasteiger partial charge in [0.2, 0.25) is 0 Å². The van der Waals surface area contributed by atoms with E-state index in [1.165, 1.54) is 0 Å². The van der Waals surface area contributed by atoms with Crippen molar-refractivity contribution < 1.29 is 17.9 Å². The molecule has 1 fully saturated rings. The summed E-state index contributed by atoms with van der Waals surface area (Å²) in [7, 11) is -3.08. The molecule has 1 aliphatic heterocycles. The largest absolute Gasteiger partial charge is 0.461 e. The molecule has 1 saturated heterocycles.